The van der Waals surface area contributed by atoms with Crippen molar-refractivity contribution < 1.29 is 28.6 Å². The number of aldehydes is 1. The van der Waals surface area contributed by atoms with Crippen LogP contribution < -0.4 is 14.2 Å². The molecular formula is C58H54N4O6. The van der Waals surface area contributed by atoms with E-state index in [2.05, 4.69) is 90.2 Å². The van der Waals surface area contributed by atoms with Crippen LogP contribution >= 0.6 is 0 Å². The zero-order valence-electron chi connectivity index (χ0n) is 39.3. The van der Waals surface area contributed by atoms with Crippen LogP contribution in [0.3, 0.4) is 0 Å². The summed E-state index contributed by atoms with van der Waals surface area (Å²) >= 11 is 0. The fourth-order valence-corrected chi connectivity index (χ4v) is 9.31. The summed E-state index contributed by atoms with van der Waals surface area (Å²) in [6.07, 6.45) is 1.45. The van der Waals surface area contributed by atoms with Gasteiger partial charge in [-0.1, -0.05) is 109 Å². The van der Waals surface area contributed by atoms with Crippen LogP contribution in [0.4, 0.5) is 0 Å². The van der Waals surface area contributed by atoms with Crippen molar-refractivity contribution in [2.24, 2.45) is 9.98 Å². The highest BCUT2D eigenvalue weighted by molar-refractivity contribution is 6.24. The number of fused-ring (bicyclic) bond motifs is 2. The van der Waals surface area contributed by atoms with Gasteiger partial charge in [-0.15, -0.1) is 0 Å². The molecule has 1 spiro atoms. The maximum Gasteiger partial charge on any atom is 0.256 e. The lowest BCUT2D eigenvalue weighted by Crippen LogP contribution is -2.62. The molecule has 0 saturated carbocycles. The highest BCUT2D eigenvalue weighted by Gasteiger charge is 2.60. The predicted octanol–water partition coefficient (Wildman–Crippen LogP) is 9.50. The lowest BCUT2D eigenvalue weighted by molar-refractivity contribution is -0.137. The van der Waals surface area contributed by atoms with Gasteiger partial charge in [0.25, 0.3) is 5.91 Å². The number of benzene rings is 6. The smallest absolute Gasteiger partial charge is 0.256 e. The summed E-state index contributed by atoms with van der Waals surface area (Å²) in [5.74, 6) is 8.48. The normalized spacial score (nSPS) is 17.5. The predicted molar refractivity (Wildman–Crippen MR) is 269 cm³/mol. The summed E-state index contributed by atoms with van der Waals surface area (Å²) < 4.78 is 15.9. The molecule has 0 aromatic heterocycles. The van der Waals surface area contributed by atoms with E-state index in [-0.39, 0.29) is 24.4 Å². The van der Waals surface area contributed by atoms with E-state index in [1.807, 2.05) is 91.9 Å². The number of carbonyl (C=O) groups is 3. The van der Waals surface area contributed by atoms with E-state index in [0.717, 1.165) is 73.9 Å². The van der Waals surface area contributed by atoms with Gasteiger partial charge >= 0.3 is 0 Å². The number of ether oxygens (including phenoxy) is 3. The summed E-state index contributed by atoms with van der Waals surface area (Å²) in [4.78, 5) is 49.9. The highest BCUT2D eigenvalue weighted by atomic mass is 16.5. The molecule has 68 heavy (non-hydrogen) atoms. The number of carbonyl (C=O) groups excluding carboxylic acids is 3. The standard InChI is InChI=1S/C29H26N2O2.C15H10O.C14H18N2O3/c1-18-15-23(33-3)14-13-22(18)17-31-27-19(2)30-29(28(31)32)16-21-11-7-8-12-24(21)26(29)25(27)20-9-5-4-6-10-20;16-12-15-9-5-4-8-14(15)11-10-13-6-2-1-3-7-13;1-10-8-16(14(17)7-15-10)9-11-4-5-12(18-2)6-13(11)19-3/h4-15,27H,16-17H2,1-3H3;1-9,12H;4-6H,7-9H2,1-3H3. The molecule has 6 aromatic rings. The molecule has 5 aliphatic rings. The molecule has 10 heteroatoms. The van der Waals surface area contributed by atoms with Crippen molar-refractivity contribution in [1.29, 1.82) is 0 Å². The van der Waals surface area contributed by atoms with Crippen molar-refractivity contribution in [3.63, 3.8) is 0 Å². The van der Waals surface area contributed by atoms with Crippen molar-refractivity contribution in [3.8, 4) is 29.1 Å². The van der Waals surface area contributed by atoms with Crippen molar-refractivity contribution in [3.05, 3.63) is 196 Å². The van der Waals surface area contributed by atoms with Gasteiger partial charge in [0.05, 0.1) is 33.9 Å². The van der Waals surface area contributed by atoms with Crippen LogP contribution in [-0.4, -0.2) is 85.3 Å². The van der Waals surface area contributed by atoms with Crippen LogP contribution in [0.5, 0.6) is 17.2 Å². The van der Waals surface area contributed by atoms with Crippen molar-refractivity contribution in [2.45, 2.75) is 51.9 Å². The molecular weight excluding hydrogens is 849 g/mol. The molecule has 10 nitrogen and oxygen atoms in total. The average molecular weight is 903 g/mol. The lowest BCUT2D eigenvalue weighted by atomic mass is 9.72. The van der Waals surface area contributed by atoms with E-state index < -0.39 is 5.54 Å². The Hall–Kier alpha value is -8.03. The molecule has 6 aromatic carbocycles. The number of nitrogens with zero attached hydrogens (tertiary/aromatic N) is 4. The monoisotopic (exact) mass is 902 g/mol. The number of methoxy groups -OCH3 is 3. The number of hydrogen-bond donors (Lipinski definition) is 0. The topological polar surface area (TPSA) is 110 Å². The van der Waals surface area contributed by atoms with Crippen LogP contribution in [0.2, 0.25) is 0 Å². The Morgan fingerprint density at radius 3 is 2.09 bits per heavy atom. The number of dihydropyridines is 1. The van der Waals surface area contributed by atoms with Crippen molar-refractivity contribution >= 4 is 40.7 Å². The first-order valence-electron chi connectivity index (χ1n) is 22.6. The third-order valence-corrected chi connectivity index (χ3v) is 12.7. The minimum Gasteiger partial charge on any atom is -0.497 e. The Morgan fingerprint density at radius 2 is 1.38 bits per heavy atom. The summed E-state index contributed by atoms with van der Waals surface area (Å²) in [5.41, 5.74) is 12.5. The highest BCUT2D eigenvalue weighted by Crippen LogP contribution is 2.55. The zero-order chi connectivity index (χ0) is 47.8. The number of aliphatic imine (C=N–C) groups is 2. The van der Waals surface area contributed by atoms with Crippen LogP contribution in [0.15, 0.2) is 156 Å². The van der Waals surface area contributed by atoms with Crippen molar-refractivity contribution in [2.75, 3.05) is 34.4 Å². The number of rotatable bonds is 9. The van der Waals surface area contributed by atoms with Gasteiger partial charge in [-0.2, -0.15) is 0 Å². The SMILES string of the molecule is COc1ccc(CN2C(=O)C34Cc5ccccc5C3=C(c3ccccc3)C2C(C)=N4)c(C)c1.COc1ccc(CN2CC(C)=NCC2=O)c(OC)c1.O=Cc1ccccc1C#Cc1ccccc1. The van der Waals surface area contributed by atoms with Crippen molar-refractivity contribution in [1.82, 2.24) is 9.80 Å². The molecule has 0 fully saturated rings. The second kappa shape index (κ2) is 20.6. The minimum absolute atomic E-state index is 0.0449. The van der Waals surface area contributed by atoms with Gasteiger partial charge in [0.15, 0.2) is 11.8 Å². The van der Waals surface area contributed by atoms with Gasteiger partial charge < -0.3 is 24.0 Å². The Balaban J connectivity index is 0.000000152. The molecule has 2 amide bonds. The summed E-state index contributed by atoms with van der Waals surface area (Å²) in [7, 11) is 4.90. The fourth-order valence-electron chi connectivity index (χ4n) is 9.31. The number of amides is 2. The van der Waals surface area contributed by atoms with Gasteiger partial charge in [-0.25, -0.2) is 0 Å². The number of aryl methyl sites for hydroxylation is 1. The largest absolute Gasteiger partial charge is 0.497 e. The molecule has 342 valence electrons. The first-order chi connectivity index (χ1) is 33.1. The third-order valence-electron chi connectivity index (χ3n) is 12.7. The molecule has 11 rings (SSSR count). The van der Waals surface area contributed by atoms with E-state index in [0.29, 0.717) is 31.6 Å². The van der Waals surface area contributed by atoms with Gasteiger partial charge in [-0.05, 0) is 96.6 Å². The van der Waals surface area contributed by atoms with E-state index >= 15 is 0 Å². The molecule has 0 radical (unpaired) electrons. The minimum atomic E-state index is -0.867. The third kappa shape index (κ3) is 9.60. The van der Waals surface area contributed by atoms with Crippen LogP contribution in [-0.2, 0) is 29.1 Å². The maximum atomic E-state index is 14.2. The quantitative estimate of drug-likeness (QED) is 0.106. The Labute approximate surface area is 398 Å². The second-order valence-electron chi connectivity index (χ2n) is 17.0. The molecule has 0 saturated heterocycles. The molecule has 4 aliphatic heterocycles. The number of hydrogen-bond acceptors (Lipinski definition) is 8. The summed E-state index contributed by atoms with van der Waals surface area (Å²) in [5, 5.41) is 0. The lowest BCUT2D eigenvalue weighted by Gasteiger charge is -2.49. The summed E-state index contributed by atoms with van der Waals surface area (Å²) in [6.45, 7) is 7.99. The van der Waals surface area contributed by atoms with E-state index in [1.54, 1.807) is 32.3 Å². The zero-order valence-corrected chi connectivity index (χ0v) is 39.3. The molecule has 2 atom stereocenters. The van der Waals surface area contributed by atoms with Gasteiger partial charge in [0.1, 0.15) is 23.8 Å². The van der Waals surface area contributed by atoms with E-state index in [1.165, 1.54) is 16.7 Å². The summed E-state index contributed by atoms with van der Waals surface area (Å²) in [6, 6.07) is 47.5. The fraction of sp³-hybridized carbons (Fsp3) is 0.224. The maximum absolute atomic E-state index is 14.2. The average Bonchev–Trinajstić information content (AvgIpc) is 3.72. The van der Waals surface area contributed by atoms with Crippen LogP contribution in [0.25, 0.3) is 11.1 Å². The molecule has 2 bridgehead atoms. The van der Waals surface area contributed by atoms with Gasteiger partial charge in [0.2, 0.25) is 5.91 Å². The van der Waals surface area contributed by atoms with E-state index in [9.17, 15) is 14.4 Å². The Kier molecular flexibility index (Phi) is 14.1. The Morgan fingerprint density at radius 1 is 0.721 bits per heavy atom. The first kappa shape index (κ1) is 46.5. The van der Waals surface area contributed by atoms with E-state index in [4.69, 9.17) is 19.2 Å². The molecule has 4 heterocycles. The second-order valence-corrected chi connectivity index (χ2v) is 17.0. The Bertz CT molecular complexity index is 3020. The molecule has 0 N–H and O–H groups in total. The first-order valence-corrected chi connectivity index (χ1v) is 22.6. The van der Waals surface area contributed by atoms with Crippen LogP contribution in [0.1, 0.15) is 68.7 Å². The van der Waals surface area contributed by atoms with Gasteiger partial charge in [-0.3, -0.25) is 24.4 Å². The molecule has 2 unspecified atom stereocenters. The molecule has 1 aliphatic carbocycles. The van der Waals surface area contributed by atoms with Crippen LogP contribution in [0, 0.1) is 18.8 Å². The van der Waals surface area contributed by atoms with Gasteiger partial charge in [0, 0.05) is 64.8 Å².